The van der Waals surface area contributed by atoms with Crippen molar-refractivity contribution in [1.29, 1.82) is 0 Å². The Kier molecular flexibility index (Phi) is 3.86. The Balaban J connectivity index is 1.76. The lowest BCUT2D eigenvalue weighted by Gasteiger charge is -2.17. The molecule has 6 nitrogen and oxygen atoms in total. The van der Waals surface area contributed by atoms with E-state index in [2.05, 4.69) is 19.6 Å². The molecule has 1 aliphatic rings. The fraction of sp³-hybridized carbons (Fsp3) is 0.333. The van der Waals surface area contributed by atoms with E-state index in [0.29, 0.717) is 24.9 Å². The van der Waals surface area contributed by atoms with Gasteiger partial charge in [0.15, 0.2) is 5.69 Å². The first-order valence-electron chi connectivity index (χ1n) is 9.35. The van der Waals surface area contributed by atoms with Gasteiger partial charge in [0.05, 0.1) is 35.9 Å². The quantitative estimate of drug-likeness (QED) is 0.468. The molecule has 1 aromatic carbocycles. The van der Waals surface area contributed by atoms with Crippen LogP contribution in [0.3, 0.4) is 0 Å². The Morgan fingerprint density at radius 3 is 2.89 bits per heavy atom. The van der Waals surface area contributed by atoms with Crippen LogP contribution < -0.4 is 0 Å². The van der Waals surface area contributed by atoms with Crippen molar-refractivity contribution in [1.82, 2.24) is 19.7 Å². The lowest BCUT2D eigenvalue weighted by Crippen LogP contribution is -2.11. The molecule has 1 fully saturated rings. The van der Waals surface area contributed by atoms with Crippen LogP contribution in [0.1, 0.15) is 42.6 Å². The van der Waals surface area contributed by atoms with Crippen LogP contribution >= 0.6 is 0 Å². The van der Waals surface area contributed by atoms with E-state index < -0.39 is 6.17 Å². The zero-order valence-corrected chi connectivity index (χ0v) is 15.4. The number of rotatable bonds is 3. The summed E-state index contributed by atoms with van der Waals surface area (Å²) in [5, 5.41) is 4.97. The third-order valence-electron chi connectivity index (χ3n) is 5.42. The molecule has 1 aliphatic carbocycles. The van der Waals surface area contributed by atoms with Gasteiger partial charge in [-0.2, -0.15) is 0 Å². The molecular weight excluding hydrogens is 357 g/mol. The number of benzene rings is 1. The molecule has 0 radical (unpaired) electrons. The zero-order valence-electron chi connectivity index (χ0n) is 15.4. The van der Waals surface area contributed by atoms with Crippen molar-refractivity contribution < 1.29 is 8.91 Å². The number of hydrogen-bond donors (Lipinski definition) is 0. The minimum atomic E-state index is -0.795. The molecule has 0 aliphatic heterocycles. The van der Waals surface area contributed by atoms with Gasteiger partial charge in [0.2, 0.25) is 0 Å². The average molecular weight is 375 g/mol. The monoisotopic (exact) mass is 375 g/mol. The van der Waals surface area contributed by atoms with Crippen molar-refractivity contribution in [2.75, 3.05) is 0 Å². The summed E-state index contributed by atoms with van der Waals surface area (Å²) in [6.07, 6.45) is 3.26. The smallest absolute Gasteiger partial charge is 0.188 e. The molecule has 7 heteroatoms. The molecule has 0 spiro atoms. The van der Waals surface area contributed by atoms with Crippen LogP contribution in [0, 0.1) is 13.5 Å². The van der Waals surface area contributed by atoms with E-state index in [9.17, 15) is 4.39 Å². The standard InChI is InChI=1S/C21H18FN5O/c1-12-7-15(26-28-12)10-20-25-19-11-24-18-6-4-14(23-2)9-17(18)21(19)27(20)16-5-3-13(22)8-16/h4,6-7,9,11,13,16H,3,5,8,10H2,1H3/t13-,16+/m1/s1. The van der Waals surface area contributed by atoms with Crippen LogP contribution in [-0.4, -0.2) is 25.9 Å². The minimum absolute atomic E-state index is 0.0326. The summed E-state index contributed by atoms with van der Waals surface area (Å²) in [5.74, 6) is 1.57. The maximum absolute atomic E-state index is 14.0. The van der Waals surface area contributed by atoms with Gasteiger partial charge in [-0.15, -0.1) is 0 Å². The molecule has 3 aromatic heterocycles. The maximum Gasteiger partial charge on any atom is 0.188 e. The summed E-state index contributed by atoms with van der Waals surface area (Å²) in [7, 11) is 0. The number of halogens is 1. The topological polar surface area (TPSA) is 61.1 Å². The maximum atomic E-state index is 14.0. The first-order valence-corrected chi connectivity index (χ1v) is 9.35. The van der Waals surface area contributed by atoms with Gasteiger partial charge < -0.3 is 9.09 Å². The fourth-order valence-corrected chi connectivity index (χ4v) is 4.20. The first-order chi connectivity index (χ1) is 13.6. The van der Waals surface area contributed by atoms with Gasteiger partial charge >= 0.3 is 0 Å². The zero-order chi connectivity index (χ0) is 19.3. The average Bonchev–Trinajstić information content (AvgIpc) is 3.39. The van der Waals surface area contributed by atoms with E-state index >= 15 is 0 Å². The van der Waals surface area contributed by atoms with E-state index in [1.807, 2.05) is 25.1 Å². The molecule has 1 saturated carbocycles. The van der Waals surface area contributed by atoms with Crippen LogP contribution in [0.5, 0.6) is 0 Å². The fourth-order valence-electron chi connectivity index (χ4n) is 4.20. The van der Waals surface area contributed by atoms with Crippen molar-refractivity contribution in [2.24, 2.45) is 0 Å². The van der Waals surface area contributed by atoms with Crippen LogP contribution in [0.25, 0.3) is 26.8 Å². The Morgan fingerprint density at radius 1 is 1.29 bits per heavy atom. The molecule has 0 saturated heterocycles. The Labute approximate surface area is 160 Å². The van der Waals surface area contributed by atoms with Crippen molar-refractivity contribution in [2.45, 2.75) is 44.8 Å². The third-order valence-corrected chi connectivity index (χ3v) is 5.42. The van der Waals surface area contributed by atoms with Gasteiger partial charge in [0.25, 0.3) is 0 Å². The molecule has 3 heterocycles. The molecule has 4 aromatic rings. The minimum Gasteiger partial charge on any atom is -0.361 e. The molecule has 5 rings (SSSR count). The van der Waals surface area contributed by atoms with Crippen molar-refractivity contribution in [3.05, 3.63) is 59.2 Å². The van der Waals surface area contributed by atoms with Gasteiger partial charge in [-0.25, -0.2) is 14.2 Å². The molecule has 28 heavy (non-hydrogen) atoms. The highest BCUT2D eigenvalue weighted by molar-refractivity contribution is 6.03. The number of pyridine rings is 1. The van der Waals surface area contributed by atoms with Crippen LogP contribution in [-0.2, 0) is 6.42 Å². The Hall–Kier alpha value is -3.27. The number of alkyl halides is 1. The second-order valence-electron chi connectivity index (χ2n) is 7.37. The molecule has 0 bridgehead atoms. The van der Waals surface area contributed by atoms with Crippen molar-refractivity contribution >= 4 is 27.6 Å². The van der Waals surface area contributed by atoms with E-state index in [-0.39, 0.29) is 6.04 Å². The molecule has 0 amide bonds. The van der Waals surface area contributed by atoms with Crippen molar-refractivity contribution in [3.63, 3.8) is 0 Å². The normalized spacial score (nSPS) is 19.5. The highest BCUT2D eigenvalue weighted by atomic mass is 19.1. The second-order valence-corrected chi connectivity index (χ2v) is 7.37. The largest absolute Gasteiger partial charge is 0.361 e. The van der Waals surface area contributed by atoms with Crippen LogP contribution in [0.15, 0.2) is 35.0 Å². The van der Waals surface area contributed by atoms with Gasteiger partial charge in [0, 0.05) is 17.5 Å². The highest BCUT2D eigenvalue weighted by Crippen LogP contribution is 2.38. The third kappa shape index (κ3) is 2.73. The van der Waals surface area contributed by atoms with Gasteiger partial charge in [-0.05, 0) is 38.3 Å². The number of nitrogens with zero attached hydrogens (tertiary/aromatic N) is 5. The number of imidazole rings is 1. The number of aryl methyl sites for hydroxylation is 1. The summed E-state index contributed by atoms with van der Waals surface area (Å²) in [5.41, 5.74) is 3.83. The van der Waals surface area contributed by atoms with E-state index in [1.165, 1.54) is 0 Å². The molecular formula is C21H18FN5O. The van der Waals surface area contributed by atoms with Gasteiger partial charge in [-0.1, -0.05) is 11.2 Å². The summed E-state index contributed by atoms with van der Waals surface area (Å²) in [6.45, 7) is 9.20. The van der Waals surface area contributed by atoms with E-state index in [0.717, 1.165) is 45.6 Å². The molecule has 0 unspecified atom stereocenters. The highest BCUT2D eigenvalue weighted by Gasteiger charge is 2.29. The van der Waals surface area contributed by atoms with Gasteiger partial charge in [0.1, 0.15) is 23.3 Å². The van der Waals surface area contributed by atoms with E-state index in [1.54, 1.807) is 12.3 Å². The summed E-state index contributed by atoms with van der Waals surface area (Å²) in [6, 6.07) is 7.39. The number of hydrogen-bond acceptors (Lipinski definition) is 4. The summed E-state index contributed by atoms with van der Waals surface area (Å²) in [4.78, 5) is 12.9. The Bertz CT molecular complexity index is 1240. The SMILES string of the molecule is [C-]#[N+]c1ccc2ncc3nc(Cc4cc(C)on4)n([C@H]4CC[C@@H](F)C4)c3c2c1. The molecule has 140 valence electrons. The lowest BCUT2D eigenvalue weighted by molar-refractivity contribution is 0.330. The number of aromatic nitrogens is 4. The van der Waals surface area contributed by atoms with Crippen molar-refractivity contribution in [3.8, 4) is 0 Å². The molecule has 0 N–H and O–H groups in total. The molecule has 2 atom stereocenters. The summed E-state index contributed by atoms with van der Waals surface area (Å²) < 4.78 is 21.4. The predicted octanol–water partition coefficient (Wildman–Crippen LogP) is 5.09. The first kappa shape index (κ1) is 16.9. The van der Waals surface area contributed by atoms with E-state index in [4.69, 9.17) is 16.1 Å². The van der Waals surface area contributed by atoms with Gasteiger partial charge in [-0.3, -0.25) is 4.98 Å². The predicted molar refractivity (Wildman–Crippen MR) is 103 cm³/mol. The summed E-state index contributed by atoms with van der Waals surface area (Å²) >= 11 is 0. The van der Waals surface area contributed by atoms with Crippen LogP contribution in [0.4, 0.5) is 10.1 Å². The lowest BCUT2D eigenvalue weighted by atomic mass is 10.1. The Morgan fingerprint density at radius 2 is 2.18 bits per heavy atom. The van der Waals surface area contributed by atoms with Crippen LogP contribution in [0.2, 0.25) is 0 Å². The number of fused-ring (bicyclic) bond motifs is 3. The second kappa shape index (κ2) is 6.41.